The molecule has 2 aromatic heterocycles. The summed E-state index contributed by atoms with van der Waals surface area (Å²) in [5.74, 6) is 0.268. The molecular weight excluding hydrogens is 290 g/mol. The minimum absolute atomic E-state index is 0.247. The van der Waals surface area contributed by atoms with Crippen LogP contribution in [-0.4, -0.2) is 9.91 Å². The van der Waals surface area contributed by atoms with E-state index in [1.54, 1.807) is 23.6 Å². The van der Waals surface area contributed by atoms with Crippen molar-refractivity contribution in [1.82, 2.24) is 4.98 Å². The largest absolute Gasteiger partial charge is 0.433 e. The summed E-state index contributed by atoms with van der Waals surface area (Å²) in [7, 11) is 0. The van der Waals surface area contributed by atoms with Gasteiger partial charge in [0.1, 0.15) is 15.7 Å². The van der Waals surface area contributed by atoms with Gasteiger partial charge in [0.2, 0.25) is 0 Å². The number of benzene rings is 1. The van der Waals surface area contributed by atoms with E-state index in [2.05, 4.69) is 10.3 Å². The molecule has 106 valence electrons. The minimum Gasteiger partial charge on any atom is -0.404 e. The number of furan rings is 1. The van der Waals surface area contributed by atoms with E-state index in [1.807, 2.05) is 29.6 Å². The van der Waals surface area contributed by atoms with E-state index >= 15 is 0 Å². The molecule has 1 aromatic carbocycles. The van der Waals surface area contributed by atoms with E-state index in [1.165, 1.54) is 6.07 Å². The van der Waals surface area contributed by atoms with Crippen LogP contribution in [0.3, 0.4) is 0 Å². The summed E-state index contributed by atoms with van der Waals surface area (Å²) in [4.78, 5) is 14.3. The van der Waals surface area contributed by atoms with E-state index in [0.29, 0.717) is 12.3 Å². The van der Waals surface area contributed by atoms with Gasteiger partial charge in [-0.3, -0.25) is 10.1 Å². The van der Waals surface area contributed by atoms with Crippen molar-refractivity contribution in [3.8, 4) is 10.6 Å². The highest BCUT2D eigenvalue weighted by Gasteiger charge is 2.11. The van der Waals surface area contributed by atoms with E-state index in [9.17, 15) is 10.1 Å². The van der Waals surface area contributed by atoms with Crippen LogP contribution in [0, 0.1) is 10.1 Å². The van der Waals surface area contributed by atoms with Gasteiger partial charge in [0.05, 0.1) is 12.6 Å². The van der Waals surface area contributed by atoms with Gasteiger partial charge in [0.25, 0.3) is 0 Å². The summed E-state index contributed by atoms with van der Waals surface area (Å²) in [6, 6.07) is 10.8. The number of anilines is 1. The molecule has 0 unspecified atom stereocenters. The van der Waals surface area contributed by atoms with Gasteiger partial charge < -0.3 is 9.73 Å². The maximum Gasteiger partial charge on any atom is 0.433 e. The molecule has 0 atom stereocenters. The van der Waals surface area contributed by atoms with E-state index in [-0.39, 0.29) is 5.88 Å². The molecule has 0 fully saturated rings. The molecule has 0 aliphatic carbocycles. The fourth-order valence-corrected chi connectivity index (χ4v) is 2.51. The third-order valence-electron chi connectivity index (χ3n) is 2.84. The molecule has 21 heavy (non-hydrogen) atoms. The molecule has 0 saturated carbocycles. The van der Waals surface area contributed by atoms with Crippen molar-refractivity contribution < 1.29 is 9.34 Å². The molecule has 6 nitrogen and oxygen atoms in total. The Bertz CT molecular complexity index is 752. The topological polar surface area (TPSA) is 81.2 Å². The number of aromatic nitrogens is 1. The second-order valence-electron chi connectivity index (χ2n) is 4.27. The second-order valence-corrected chi connectivity index (χ2v) is 5.16. The highest BCUT2D eigenvalue weighted by atomic mass is 32.1. The number of hydrogen-bond acceptors (Lipinski definition) is 6. The summed E-state index contributed by atoms with van der Waals surface area (Å²) in [6.45, 7) is 0.384. The van der Waals surface area contributed by atoms with Crippen LogP contribution < -0.4 is 5.32 Å². The van der Waals surface area contributed by atoms with E-state index < -0.39 is 4.92 Å². The molecular formula is C14H11N3O3S. The summed E-state index contributed by atoms with van der Waals surface area (Å²) in [5, 5.41) is 16.6. The molecule has 0 bridgehead atoms. The lowest BCUT2D eigenvalue weighted by molar-refractivity contribution is -0.402. The first-order valence-electron chi connectivity index (χ1n) is 6.19. The Hall–Kier alpha value is -2.67. The van der Waals surface area contributed by atoms with Gasteiger partial charge in [-0.15, -0.1) is 11.3 Å². The summed E-state index contributed by atoms with van der Waals surface area (Å²) in [6.07, 6.45) is 1.77. The first-order chi connectivity index (χ1) is 10.2. The van der Waals surface area contributed by atoms with Crippen LogP contribution in [-0.2, 0) is 6.54 Å². The molecule has 2 heterocycles. The van der Waals surface area contributed by atoms with Crippen LogP contribution in [0.5, 0.6) is 0 Å². The Morgan fingerprint density at radius 1 is 1.33 bits per heavy atom. The number of nitrogens with one attached hydrogen (secondary N) is 1. The Morgan fingerprint density at radius 3 is 2.95 bits per heavy atom. The second kappa shape index (κ2) is 5.76. The fraction of sp³-hybridized carbons (Fsp3) is 0.0714. The van der Waals surface area contributed by atoms with Gasteiger partial charge in [-0.05, 0) is 18.2 Å². The van der Waals surface area contributed by atoms with Crippen LogP contribution in [0.2, 0.25) is 0 Å². The van der Waals surface area contributed by atoms with Gasteiger partial charge in [-0.25, -0.2) is 4.98 Å². The average Bonchev–Trinajstić information content (AvgIpc) is 3.17. The number of nitro groups is 1. The van der Waals surface area contributed by atoms with E-state index in [4.69, 9.17) is 4.42 Å². The zero-order chi connectivity index (χ0) is 14.7. The fourth-order valence-electron chi connectivity index (χ4n) is 1.88. The van der Waals surface area contributed by atoms with E-state index in [0.717, 1.165) is 16.3 Å². The van der Waals surface area contributed by atoms with Crippen molar-refractivity contribution in [3.05, 3.63) is 63.8 Å². The lowest BCUT2D eigenvalue weighted by Crippen LogP contribution is -1.98. The van der Waals surface area contributed by atoms with Crippen LogP contribution in [0.15, 0.2) is 52.4 Å². The number of rotatable bonds is 5. The quantitative estimate of drug-likeness (QED) is 0.570. The number of thiazole rings is 1. The van der Waals surface area contributed by atoms with Crippen molar-refractivity contribution >= 4 is 22.9 Å². The number of nitrogens with zero attached hydrogens (tertiary/aromatic N) is 2. The monoisotopic (exact) mass is 301 g/mol. The molecule has 0 amide bonds. The minimum atomic E-state index is -0.549. The van der Waals surface area contributed by atoms with Crippen LogP contribution in [0.4, 0.5) is 11.6 Å². The van der Waals surface area contributed by atoms with Crippen molar-refractivity contribution in [1.29, 1.82) is 0 Å². The Kier molecular flexibility index (Phi) is 3.65. The average molecular weight is 301 g/mol. The Balaban J connectivity index is 1.70. The predicted molar refractivity (Wildman–Crippen MR) is 80.2 cm³/mol. The lowest BCUT2D eigenvalue weighted by atomic mass is 10.2. The number of hydrogen-bond donors (Lipinski definition) is 1. The molecule has 0 aliphatic rings. The third kappa shape index (κ3) is 3.09. The lowest BCUT2D eigenvalue weighted by Gasteiger charge is -2.05. The van der Waals surface area contributed by atoms with Crippen molar-refractivity contribution in [2.75, 3.05) is 5.32 Å². The summed E-state index contributed by atoms with van der Waals surface area (Å²) in [5.41, 5.74) is 1.93. The molecule has 0 radical (unpaired) electrons. The van der Waals surface area contributed by atoms with Crippen LogP contribution in [0.1, 0.15) is 5.76 Å². The summed E-state index contributed by atoms with van der Waals surface area (Å²) >= 11 is 1.57. The highest BCUT2D eigenvalue weighted by molar-refractivity contribution is 7.13. The third-order valence-corrected chi connectivity index (χ3v) is 3.66. The molecule has 0 saturated heterocycles. The molecule has 1 N–H and O–H groups in total. The van der Waals surface area contributed by atoms with Gasteiger partial charge in [0.15, 0.2) is 0 Å². The zero-order valence-electron chi connectivity index (χ0n) is 10.9. The first-order valence-corrected chi connectivity index (χ1v) is 7.07. The maximum atomic E-state index is 10.6. The molecule has 3 rings (SSSR count). The standard InChI is InChI=1S/C14H11N3O3S/c18-17(19)13-5-4-12(20-13)9-16-11-3-1-2-10(8-11)14-15-6-7-21-14/h1-8,16H,9H2. The predicted octanol–water partition coefficient (Wildman–Crippen LogP) is 3.92. The van der Waals surface area contributed by atoms with Crippen LogP contribution in [0.25, 0.3) is 10.6 Å². The normalized spacial score (nSPS) is 10.5. The molecule has 7 heteroatoms. The Labute approximate surface area is 124 Å². The highest BCUT2D eigenvalue weighted by Crippen LogP contribution is 2.25. The van der Waals surface area contributed by atoms with Crippen molar-refractivity contribution in [3.63, 3.8) is 0 Å². The molecule has 3 aromatic rings. The SMILES string of the molecule is O=[N+]([O-])c1ccc(CNc2cccc(-c3nccs3)c2)o1. The van der Waals surface area contributed by atoms with Gasteiger partial charge in [-0.1, -0.05) is 12.1 Å². The van der Waals surface area contributed by atoms with Gasteiger partial charge >= 0.3 is 5.88 Å². The van der Waals surface area contributed by atoms with Crippen molar-refractivity contribution in [2.45, 2.75) is 6.54 Å². The first kappa shape index (κ1) is 13.3. The molecule has 0 spiro atoms. The van der Waals surface area contributed by atoms with Gasteiger partial charge in [-0.2, -0.15) is 0 Å². The maximum absolute atomic E-state index is 10.6. The smallest absolute Gasteiger partial charge is 0.404 e. The molecule has 0 aliphatic heterocycles. The summed E-state index contributed by atoms with van der Waals surface area (Å²) < 4.78 is 5.10. The Morgan fingerprint density at radius 2 is 2.24 bits per heavy atom. The van der Waals surface area contributed by atoms with Crippen molar-refractivity contribution in [2.24, 2.45) is 0 Å². The van der Waals surface area contributed by atoms with Crippen LogP contribution >= 0.6 is 11.3 Å². The zero-order valence-corrected chi connectivity index (χ0v) is 11.7. The van der Waals surface area contributed by atoms with Gasteiger partial charge in [0, 0.05) is 22.8 Å².